The summed E-state index contributed by atoms with van der Waals surface area (Å²) in [4.78, 5) is 22.5. The fourth-order valence-electron chi connectivity index (χ4n) is 2.88. The number of hydrogen-bond acceptors (Lipinski definition) is 4. The molecule has 2 rings (SSSR count). The summed E-state index contributed by atoms with van der Waals surface area (Å²) in [7, 11) is 0. The second-order valence-corrected chi connectivity index (χ2v) is 4.54. The molecule has 4 nitrogen and oxygen atoms in total. The van der Waals surface area contributed by atoms with Crippen molar-refractivity contribution < 1.29 is 19.1 Å². The van der Waals surface area contributed by atoms with Gasteiger partial charge in [-0.25, -0.2) is 9.59 Å². The lowest BCUT2D eigenvalue weighted by molar-refractivity contribution is -0.166. The first-order valence-corrected chi connectivity index (χ1v) is 5.81. The summed E-state index contributed by atoms with van der Waals surface area (Å²) >= 11 is 0. The number of carbonyl (C=O) groups is 2. The van der Waals surface area contributed by atoms with Gasteiger partial charge in [0.25, 0.3) is 0 Å². The number of carbonyl (C=O) groups excluding carboxylic acids is 2. The van der Waals surface area contributed by atoms with Crippen LogP contribution in [0.25, 0.3) is 0 Å². The molecule has 4 heteroatoms. The van der Waals surface area contributed by atoms with Crippen LogP contribution in [0.15, 0.2) is 25.3 Å². The zero-order valence-electron chi connectivity index (χ0n) is 9.63. The van der Waals surface area contributed by atoms with Gasteiger partial charge in [-0.15, -0.1) is 0 Å². The van der Waals surface area contributed by atoms with Crippen molar-refractivity contribution in [2.45, 2.75) is 31.5 Å². The first-order chi connectivity index (χ1) is 8.15. The van der Waals surface area contributed by atoms with Crippen LogP contribution in [-0.4, -0.2) is 24.1 Å². The Bertz CT molecular complexity index is 326. The predicted octanol–water partition coefficient (Wildman–Crippen LogP) is 1.61. The minimum absolute atomic E-state index is 0.312. The highest BCUT2D eigenvalue weighted by atomic mass is 16.6. The molecule has 2 bridgehead atoms. The highest BCUT2D eigenvalue weighted by Crippen LogP contribution is 2.47. The SMILES string of the molecule is C=CC(=O)OC1C2CCC(C2)C1OC(=O)C=C. The van der Waals surface area contributed by atoms with Crippen LogP contribution >= 0.6 is 0 Å². The summed E-state index contributed by atoms with van der Waals surface area (Å²) in [5.41, 5.74) is 0. The van der Waals surface area contributed by atoms with Crippen LogP contribution in [0.4, 0.5) is 0 Å². The lowest BCUT2D eigenvalue weighted by Crippen LogP contribution is -2.39. The maximum atomic E-state index is 11.2. The molecule has 17 heavy (non-hydrogen) atoms. The molecule has 0 radical (unpaired) electrons. The van der Waals surface area contributed by atoms with Crippen LogP contribution in [0.2, 0.25) is 0 Å². The molecule has 92 valence electrons. The molecule has 4 atom stereocenters. The molecule has 2 aliphatic carbocycles. The molecule has 2 aliphatic rings. The number of esters is 2. The van der Waals surface area contributed by atoms with E-state index in [4.69, 9.17) is 9.47 Å². The van der Waals surface area contributed by atoms with Crippen molar-refractivity contribution in [2.24, 2.45) is 11.8 Å². The molecule has 0 heterocycles. The van der Waals surface area contributed by atoms with Crippen LogP contribution in [0.3, 0.4) is 0 Å². The van der Waals surface area contributed by atoms with Crippen molar-refractivity contribution in [3.8, 4) is 0 Å². The fraction of sp³-hybridized carbons (Fsp3) is 0.538. The molecular weight excluding hydrogens is 220 g/mol. The molecule has 0 saturated heterocycles. The second-order valence-electron chi connectivity index (χ2n) is 4.54. The maximum absolute atomic E-state index is 11.2. The average molecular weight is 236 g/mol. The van der Waals surface area contributed by atoms with Crippen molar-refractivity contribution >= 4 is 11.9 Å². The largest absolute Gasteiger partial charge is 0.455 e. The Balaban J connectivity index is 2.05. The van der Waals surface area contributed by atoms with E-state index in [-0.39, 0.29) is 12.2 Å². The molecule has 2 fully saturated rings. The third-order valence-corrected chi connectivity index (χ3v) is 3.60. The Morgan fingerprint density at radius 1 is 0.941 bits per heavy atom. The van der Waals surface area contributed by atoms with E-state index in [1.807, 2.05) is 0 Å². The Hall–Kier alpha value is -1.58. The molecule has 2 saturated carbocycles. The van der Waals surface area contributed by atoms with Gasteiger partial charge in [-0.05, 0) is 19.3 Å². The van der Waals surface area contributed by atoms with E-state index in [9.17, 15) is 9.59 Å². The van der Waals surface area contributed by atoms with Crippen molar-refractivity contribution in [3.05, 3.63) is 25.3 Å². The van der Waals surface area contributed by atoms with Gasteiger partial charge in [-0.2, -0.15) is 0 Å². The summed E-state index contributed by atoms with van der Waals surface area (Å²) in [6.45, 7) is 6.74. The molecule has 0 spiro atoms. The zero-order valence-corrected chi connectivity index (χ0v) is 9.63. The summed E-state index contributed by atoms with van der Waals surface area (Å²) in [6.07, 6.45) is 4.66. The average Bonchev–Trinajstić information content (AvgIpc) is 2.91. The fourth-order valence-corrected chi connectivity index (χ4v) is 2.88. The van der Waals surface area contributed by atoms with Crippen LogP contribution in [0, 0.1) is 11.8 Å². The summed E-state index contributed by atoms with van der Waals surface area (Å²) < 4.78 is 10.6. The Kier molecular flexibility index (Phi) is 3.31. The lowest BCUT2D eigenvalue weighted by atomic mass is 9.94. The number of ether oxygens (including phenoxy) is 2. The van der Waals surface area contributed by atoms with Crippen LogP contribution in [-0.2, 0) is 19.1 Å². The molecule has 0 aromatic heterocycles. The zero-order chi connectivity index (χ0) is 12.4. The number of rotatable bonds is 4. The van der Waals surface area contributed by atoms with E-state index >= 15 is 0 Å². The van der Waals surface area contributed by atoms with Crippen molar-refractivity contribution in [3.63, 3.8) is 0 Å². The van der Waals surface area contributed by atoms with Gasteiger partial charge in [0.05, 0.1) is 0 Å². The van der Waals surface area contributed by atoms with Gasteiger partial charge in [0, 0.05) is 24.0 Å². The Morgan fingerprint density at radius 3 is 1.71 bits per heavy atom. The van der Waals surface area contributed by atoms with Gasteiger partial charge in [-0.1, -0.05) is 13.2 Å². The standard InChI is InChI=1S/C13H16O4/c1-3-10(14)16-12-8-5-6-9(7-8)13(12)17-11(15)4-2/h3-4,8-9,12-13H,1-2,5-7H2. The van der Waals surface area contributed by atoms with Crippen molar-refractivity contribution in [1.82, 2.24) is 0 Å². The maximum Gasteiger partial charge on any atom is 0.330 e. The molecule has 4 unspecified atom stereocenters. The molecular formula is C13H16O4. The van der Waals surface area contributed by atoms with Gasteiger partial charge in [-0.3, -0.25) is 0 Å². The molecule has 0 aromatic carbocycles. The summed E-state index contributed by atoms with van der Waals surface area (Å²) in [5, 5.41) is 0. The van der Waals surface area contributed by atoms with E-state index in [1.165, 1.54) is 0 Å². The highest BCUT2D eigenvalue weighted by molar-refractivity contribution is 5.82. The minimum atomic E-state index is -0.456. The van der Waals surface area contributed by atoms with Crippen LogP contribution in [0.5, 0.6) is 0 Å². The predicted molar refractivity (Wildman–Crippen MR) is 61.0 cm³/mol. The Morgan fingerprint density at radius 2 is 1.35 bits per heavy atom. The van der Waals surface area contributed by atoms with E-state index in [2.05, 4.69) is 13.2 Å². The highest BCUT2D eigenvalue weighted by Gasteiger charge is 2.51. The third-order valence-electron chi connectivity index (χ3n) is 3.60. The topological polar surface area (TPSA) is 52.6 Å². The van der Waals surface area contributed by atoms with Crippen LogP contribution < -0.4 is 0 Å². The van der Waals surface area contributed by atoms with E-state index in [1.54, 1.807) is 0 Å². The molecule has 0 aliphatic heterocycles. The van der Waals surface area contributed by atoms with Crippen molar-refractivity contribution in [2.75, 3.05) is 0 Å². The second kappa shape index (κ2) is 4.73. The summed E-state index contributed by atoms with van der Waals surface area (Å²) in [5.74, 6) is -0.289. The first kappa shape index (κ1) is 11.9. The first-order valence-electron chi connectivity index (χ1n) is 5.81. The van der Waals surface area contributed by atoms with Gasteiger partial charge >= 0.3 is 11.9 Å². The van der Waals surface area contributed by atoms with E-state index < -0.39 is 11.9 Å². The van der Waals surface area contributed by atoms with Gasteiger partial charge in [0.15, 0.2) is 0 Å². The normalized spacial score (nSPS) is 34.1. The van der Waals surface area contributed by atoms with Crippen LogP contribution in [0.1, 0.15) is 19.3 Å². The van der Waals surface area contributed by atoms with Crippen molar-refractivity contribution in [1.29, 1.82) is 0 Å². The van der Waals surface area contributed by atoms with Gasteiger partial charge in [0.1, 0.15) is 12.2 Å². The van der Waals surface area contributed by atoms with Gasteiger partial charge < -0.3 is 9.47 Å². The third kappa shape index (κ3) is 2.25. The lowest BCUT2D eigenvalue weighted by Gasteiger charge is -2.29. The number of hydrogen-bond donors (Lipinski definition) is 0. The van der Waals surface area contributed by atoms with E-state index in [0.717, 1.165) is 31.4 Å². The monoisotopic (exact) mass is 236 g/mol. The molecule has 0 amide bonds. The summed E-state index contributed by atoms with van der Waals surface area (Å²) in [6, 6.07) is 0. The molecule has 0 N–H and O–H groups in total. The van der Waals surface area contributed by atoms with Gasteiger partial charge in [0.2, 0.25) is 0 Å². The minimum Gasteiger partial charge on any atom is -0.455 e. The smallest absolute Gasteiger partial charge is 0.330 e. The molecule has 0 aromatic rings. The quantitative estimate of drug-likeness (QED) is 0.549. The van der Waals surface area contributed by atoms with E-state index in [0.29, 0.717) is 11.8 Å². The number of fused-ring (bicyclic) bond motifs is 2. The Labute approximate surface area is 100 Å².